The Morgan fingerprint density at radius 3 is 2.00 bits per heavy atom. The van der Waals surface area contributed by atoms with Crippen molar-refractivity contribution in [2.24, 2.45) is 0 Å². The van der Waals surface area contributed by atoms with Crippen molar-refractivity contribution in [3.8, 4) is 5.75 Å². The smallest absolute Gasteiger partial charge is 0.137 e. The van der Waals surface area contributed by atoms with Crippen LogP contribution in [0.15, 0.2) is 24.3 Å². The Morgan fingerprint density at radius 2 is 1.36 bits per heavy atom. The standard InChI is InChI=1S/C10H5I3O/c11-7-5-3-1-2-4-6(5)10(14)9(13)8(7)12/h1-4,14H. The van der Waals surface area contributed by atoms with Gasteiger partial charge in [0.1, 0.15) is 5.75 Å². The Balaban J connectivity index is 3.02. The van der Waals surface area contributed by atoms with Gasteiger partial charge in [0, 0.05) is 12.5 Å². The predicted molar refractivity (Wildman–Crippen MR) is 83.8 cm³/mol. The maximum absolute atomic E-state index is 9.95. The fraction of sp³-hybridized carbons (Fsp3) is 0. The number of rotatable bonds is 0. The van der Waals surface area contributed by atoms with Gasteiger partial charge in [0.25, 0.3) is 0 Å². The summed E-state index contributed by atoms with van der Waals surface area (Å²) in [6, 6.07) is 7.92. The molecule has 0 aliphatic carbocycles. The van der Waals surface area contributed by atoms with Crippen LogP contribution >= 0.6 is 67.8 Å². The van der Waals surface area contributed by atoms with Crippen molar-refractivity contribution in [3.05, 3.63) is 35.0 Å². The van der Waals surface area contributed by atoms with E-state index < -0.39 is 0 Å². The van der Waals surface area contributed by atoms with E-state index in [2.05, 4.69) is 67.8 Å². The van der Waals surface area contributed by atoms with E-state index in [1.807, 2.05) is 24.3 Å². The number of benzene rings is 2. The van der Waals surface area contributed by atoms with Crippen molar-refractivity contribution in [1.82, 2.24) is 0 Å². The van der Waals surface area contributed by atoms with E-state index in [0.717, 1.165) is 17.9 Å². The molecule has 0 aliphatic heterocycles. The number of hydrogen-bond acceptors (Lipinski definition) is 1. The van der Waals surface area contributed by atoms with Gasteiger partial charge >= 0.3 is 0 Å². The summed E-state index contributed by atoms with van der Waals surface area (Å²) in [6.45, 7) is 0. The van der Waals surface area contributed by atoms with Gasteiger partial charge in [-0.3, -0.25) is 0 Å². The zero-order valence-corrected chi connectivity index (χ0v) is 13.4. The van der Waals surface area contributed by atoms with Crippen LogP contribution in [0.1, 0.15) is 0 Å². The quantitative estimate of drug-likeness (QED) is 0.404. The largest absolute Gasteiger partial charge is 0.506 e. The molecule has 0 spiro atoms. The molecule has 14 heavy (non-hydrogen) atoms. The molecule has 1 nitrogen and oxygen atoms in total. The third-order valence-electron chi connectivity index (χ3n) is 2.01. The molecule has 0 fully saturated rings. The van der Waals surface area contributed by atoms with Gasteiger partial charge < -0.3 is 5.11 Å². The summed E-state index contributed by atoms with van der Waals surface area (Å²) in [5, 5.41) is 12.0. The third-order valence-corrected chi connectivity index (χ3v) is 7.33. The molecule has 1 N–H and O–H groups in total. The van der Waals surface area contributed by atoms with Gasteiger partial charge in [-0.1, -0.05) is 24.3 Å². The molecule has 0 saturated heterocycles. The first-order valence-electron chi connectivity index (χ1n) is 3.87. The fourth-order valence-electron chi connectivity index (χ4n) is 1.32. The highest BCUT2D eigenvalue weighted by Gasteiger charge is 2.12. The maximum atomic E-state index is 9.95. The topological polar surface area (TPSA) is 20.2 Å². The summed E-state index contributed by atoms with van der Waals surface area (Å²) in [5.41, 5.74) is 0. The lowest BCUT2D eigenvalue weighted by atomic mass is 10.1. The number of phenolic OH excluding ortho intramolecular Hbond substituents is 1. The van der Waals surface area contributed by atoms with Crippen molar-refractivity contribution in [2.75, 3.05) is 0 Å². The zero-order valence-electron chi connectivity index (χ0n) is 6.89. The van der Waals surface area contributed by atoms with Crippen LogP contribution < -0.4 is 0 Å². The lowest BCUT2D eigenvalue weighted by Gasteiger charge is -2.08. The van der Waals surface area contributed by atoms with E-state index >= 15 is 0 Å². The van der Waals surface area contributed by atoms with Gasteiger partial charge in [0.2, 0.25) is 0 Å². The van der Waals surface area contributed by atoms with Crippen molar-refractivity contribution < 1.29 is 5.11 Å². The highest BCUT2D eigenvalue weighted by atomic mass is 127. The molecule has 2 aromatic carbocycles. The van der Waals surface area contributed by atoms with E-state index in [-0.39, 0.29) is 0 Å². The number of aromatic hydroxyl groups is 1. The molecular formula is C10H5I3O. The molecule has 4 heteroatoms. The van der Waals surface area contributed by atoms with Crippen LogP contribution in [0, 0.1) is 10.7 Å². The van der Waals surface area contributed by atoms with Crippen molar-refractivity contribution in [2.45, 2.75) is 0 Å². The molecule has 0 radical (unpaired) electrons. The van der Waals surface area contributed by atoms with Gasteiger partial charge in [0.15, 0.2) is 0 Å². The Hall–Kier alpha value is 0.690. The summed E-state index contributed by atoms with van der Waals surface area (Å²) in [4.78, 5) is 0. The molecule has 0 unspecified atom stereocenters. The van der Waals surface area contributed by atoms with E-state index in [0.29, 0.717) is 5.75 Å². The van der Waals surface area contributed by atoms with Crippen LogP contribution in [-0.2, 0) is 0 Å². The molecule has 2 aromatic rings. The third kappa shape index (κ3) is 1.73. The van der Waals surface area contributed by atoms with Crippen LogP contribution in [0.25, 0.3) is 10.8 Å². The molecule has 72 valence electrons. The predicted octanol–water partition coefficient (Wildman–Crippen LogP) is 4.36. The second-order valence-corrected chi connectivity index (χ2v) is 6.07. The zero-order chi connectivity index (χ0) is 10.3. The normalized spacial score (nSPS) is 10.8. The van der Waals surface area contributed by atoms with Gasteiger partial charge in [0.05, 0.1) is 3.57 Å². The van der Waals surface area contributed by atoms with Crippen LogP contribution in [0.5, 0.6) is 5.75 Å². The van der Waals surface area contributed by atoms with Crippen LogP contribution in [-0.4, -0.2) is 5.11 Å². The highest BCUT2D eigenvalue weighted by Crippen LogP contribution is 2.37. The van der Waals surface area contributed by atoms with Crippen LogP contribution in [0.2, 0.25) is 0 Å². The molecule has 0 heterocycles. The Kier molecular flexibility index (Phi) is 3.42. The summed E-state index contributed by atoms with van der Waals surface area (Å²) in [5.74, 6) is 0.394. The number of fused-ring (bicyclic) bond motifs is 1. The van der Waals surface area contributed by atoms with E-state index in [4.69, 9.17) is 0 Å². The summed E-state index contributed by atoms with van der Waals surface area (Å²) >= 11 is 6.77. The van der Waals surface area contributed by atoms with E-state index in [1.165, 1.54) is 3.57 Å². The lowest BCUT2D eigenvalue weighted by molar-refractivity contribution is 0.477. The van der Waals surface area contributed by atoms with Gasteiger partial charge in [-0.2, -0.15) is 0 Å². The fourth-order valence-corrected chi connectivity index (χ4v) is 3.68. The van der Waals surface area contributed by atoms with Gasteiger partial charge in [-0.25, -0.2) is 0 Å². The van der Waals surface area contributed by atoms with Gasteiger partial charge in [-0.15, -0.1) is 0 Å². The first-order chi connectivity index (χ1) is 6.63. The lowest BCUT2D eigenvalue weighted by Crippen LogP contribution is -1.89. The minimum absolute atomic E-state index is 0.394. The molecular weight excluding hydrogens is 517 g/mol. The van der Waals surface area contributed by atoms with Crippen LogP contribution in [0.4, 0.5) is 0 Å². The van der Waals surface area contributed by atoms with E-state index in [9.17, 15) is 5.11 Å². The minimum atomic E-state index is 0.394. The summed E-state index contributed by atoms with van der Waals surface area (Å²) in [6.07, 6.45) is 0. The monoisotopic (exact) mass is 522 g/mol. The SMILES string of the molecule is Oc1c(I)c(I)c(I)c2ccccc12. The summed E-state index contributed by atoms with van der Waals surface area (Å²) < 4.78 is 3.27. The van der Waals surface area contributed by atoms with Crippen molar-refractivity contribution in [3.63, 3.8) is 0 Å². The first kappa shape index (κ1) is 11.2. The Labute approximate surface area is 123 Å². The maximum Gasteiger partial charge on any atom is 0.137 e. The molecule has 0 atom stereocenters. The van der Waals surface area contributed by atoms with E-state index in [1.54, 1.807) is 0 Å². The average molecular weight is 522 g/mol. The summed E-state index contributed by atoms with van der Waals surface area (Å²) in [7, 11) is 0. The Bertz CT molecular complexity index is 462. The molecule has 2 rings (SSSR count). The first-order valence-corrected chi connectivity index (χ1v) is 7.10. The second kappa shape index (κ2) is 4.28. The molecule has 0 saturated carbocycles. The number of hydrogen-bond donors (Lipinski definition) is 1. The van der Waals surface area contributed by atoms with Crippen molar-refractivity contribution in [1.29, 1.82) is 0 Å². The van der Waals surface area contributed by atoms with Gasteiger partial charge in [-0.05, 0) is 73.2 Å². The number of halogens is 3. The molecule has 0 aliphatic rings. The minimum Gasteiger partial charge on any atom is -0.506 e. The molecule has 0 amide bonds. The molecule has 0 bridgehead atoms. The van der Waals surface area contributed by atoms with Crippen molar-refractivity contribution >= 4 is 78.5 Å². The highest BCUT2D eigenvalue weighted by molar-refractivity contribution is 14.1. The van der Waals surface area contributed by atoms with Crippen LogP contribution in [0.3, 0.4) is 0 Å². The average Bonchev–Trinajstić information content (AvgIpc) is 2.23. The molecule has 0 aromatic heterocycles. The Morgan fingerprint density at radius 1 is 0.786 bits per heavy atom. The number of phenols is 1. The second-order valence-electron chi connectivity index (χ2n) is 2.84.